The number of methoxy groups -OCH3 is 1. The van der Waals surface area contributed by atoms with Gasteiger partial charge in [0.25, 0.3) is 0 Å². The Kier molecular flexibility index (Phi) is 5.28. The summed E-state index contributed by atoms with van der Waals surface area (Å²) in [6.07, 6.45) is 0.416. The first kappa shape index (κ1) is 17.4. The molecule has 0 aromatic heterocycles. The Hall–Kier alpha value is -2.47. The molecule has 1 N–H and O–H groups in total. The fourth-order valence-corrected chi connectivity index (χ4v) is 2.95. The molecule has 2 aromatic carbocycles. The van der Waals surface area contributed by atoms with Crippen LogP contribution in [-0.4, -0.2) is 30.5 Å². The van der Waals surface area contributed by atoms with Gasteiger partial charge in [-0.3, -0.25) is 4.79 Å². The van der Waals surface area contributed by atoms with E-state index in [1.54, 1.807) is 29.2 Å². The number of likely N-dealkylation sites (tertiary alicyclic amines) is 1. The predicted octanol–water partition coefficient (Wildman–Crippen LogP) is 2.86. The summed E-state index contributed by atoms with van der Waals surface area (Å²) in [5.41, 5.74) is 1.79. The van der Waals surface area contributed by atoms with E-state index in [1.807, 2.05) is 0 Å². The molecule has 0 aliphatic carbocycles. The molecular weight excluding hydrogens is 326 g/mol. The lowest BCUT2D eigenvalue weighted by Crippen LogP contribution is -2.32. The molecule has 0 unspecified atom stereocenters. The molecule has 132 valence electrons. The van der Waals surface area contributed by atoms with Crippen LogP contribution in [0.2, 0.25) is 0 Å². The van der Waals surface area contributed by atoms with Crippen LogP contribution in [0.15, 0.2) is 42.5 Å². The number of nitrogens with one attached hydrogen (secondary N) is 1. The van der Waals surface area contributed by atoms with Crippen molar-refractivity contribution < 1.29 is 18.3 Å². The van der Waals surface area contributed by atoms with Gasteiger partial charge in [0, 0.05) is 32.1 Å². The first-order valence-electron chi connectivity index (χ1n) is 8.13. The van der Waals surface area contributed by atoms with Crippen molar-refractivity contribution in [2.45, 2.75) is 25.6 Å². The van der Waals surface area contributed by atoms with Crippen molar-refractivity contribution in [1.29, 1.82) is 0 Å². The van der Waals surface area contributed by atoms with Gasteiger partial charge in [0.05, 0.1) is 7.11 Å². The number of halogens is 2. The van der Waals surface area contributed by atoms with Crippen molar-refractivity contribution in [3.05, 3.63) is 65.2 Å². The molecule has 0 bridgehead atoms. The van der Waals surface area contributed by atoms with Gasteiger partial charge < -0.3 is 15.0 Å². The minimum Gasteiger partial charge on any atom is -0.494 e. The first-order valence-corrected chi connectivity index (χ1v) is 8.13. The second-order valence-corrected chi connectivity index (χ2v) is 6.15. The normalized spacial score (nSPS) is 17.2. The van der Waals surface area contributed by atoms with E-state index in [4.69, 9.17) is 4.74 Å². The van der Waals surface area contributed by atoms with Gasteiger partial charge in [0.1, 0.15) is 5.82 Å². The van der Waals surface area contributed by atoms with Crippen LogP contribution in [0.25, 0.3) is 0 Å². The van der Waals surface area contributed by atoms with Gasteiger partial charge >= 0.3 is 0 Å². The first-order chi connectivity index (χ1) is 12.0. The number of ether oxygens (including phenoxy) is 1. The number of amides is 1. The Bertz CT molecular complexity index is 750. The maximum Gasteiger partial charge on any atom is 0.224 e. The second kappa shape index (κ2) is 7.61. The Morgan fingerprint density at radius 1 is 1.16 bits per heavy atom. The van der Waals surface area contributed by atoms with Gasteiger partial charge in [-0.15, -0.1) is 0 Å². The lowest BCUT2D eigenvalue weighted by atomic mass is 10.2. The summed E-state index contributed by atoms with van der Waals surface area (Å²) in [6, 6.07) is 10.9. The largest absolute Gasteiger partial charge is 0.494 e. The van der Waals surface area contributed by atoms with E-state index >= 15 is 0 Å². The van der Waals surface area contributed by atoms with E-state index < -0.39 is 5.82 Å². The van der Waals surface area contributed by atoms with Gasteiger partial charge in [0.15, 0.2) is 11.6 Å². The Morgan fingerprint density at radius 3 is 2.60 bits per heavy atom. The van der Waals surface area contributed by atoms with Crippen LogP contribution in [0.5, 0.6) is 5.75 Å². The van der Waals surface area contributed by atoms with Gasteiger partial charge in [0.2, 0.25) is 5.91 Å². The van der Waals surface area contributed by atoms with Crippen molar-refractivity contribution in [3.8, 4) is 5.75 Å². The number of hydrogen-bond acceptors (Lipinski definition) is 3. The number of rotatable bonds is 6. The zero-order valence-electron chi connectivity index (χ0n) is 14.0. The summed E-state index contributed by atoms with van der Waals surface area (Å²) < 4.78 is 31.4. The SMILES string of the molecule is COc1cc(CN[C@@H]2CC(=O)N(Cc3ccc(F)cc3)C2)ccc1F. The number of hydrogen-bond donors (Lipinski definition) is 1. The molecule has 1 fully saturated rings. The van der Waals surface area contributed by atoms with Gasteiger partial charge in [-0.05, 0) is 35.4 Å². The van der Waals surface area contributed by atoms with Gasteiger partial charge in [-0.2, -0.15) is 0 Å². The lowest BCUT2D eigenvalue weighted by molar-refractivity contribution is -0.128. The third-order valence-electron chi connectivity index (χ3n) is 4.31. The van der Waals surface area contributed by atoms with Crippen molar-refractivity contribution >= 4 is 5.91 Å². The van der Waals surface area contributed by atoms with E-state index in [2.05, 4.69) is 5.32 Å². The molecular formula is C19H20F2N2O2. The molecule has 0 radical (unpaired) electrons. The van der Waals surface area contributed by atoms with E-state index in [0.29, 0.717) is 26.1 Å². The molecule has 1 aliphatic rings. The monoisotopic (exact) mass is 346 g/mol. The zero-order valence-corrected chi connectivity index (χ0v) is 14.0. The number of carbonyl (C=O) groups is 1. The van der Waals surface area contributed by atoms with Crippen LogP contribution < -0.4 is 10.1 Å². The number of carbonyl (C=O) groups excluding carboxylic acids is 1. The van der Waals surface area contributed by atoms with Crippen LogP contribution in [-0.2, 0) is 17.9 Å². The molecule has 1 saturated heterocycles. The minimum absolute atomic E-state index is 0.0315. The summed E-state index contributed by atoms with van der Waals surface area (Å²) >= 11 is 0. The summed E-state index contributed by atoms with van der Waals surface area (Å²) in [4.78, 5) is 13.9. The highest BCUT2D eigenvalue weighted by molar-refractivity contribution is 5.79. The maximum atomic E-state index is 13.4. The second-order valence-electron chi connectivity index (χ2n) is 6.15. The van der Waals surface area contributed by atoms with E-state index in [9.17, 15) is 13.6 Å². The molecule has 1 heterocycles. The molecule has 0 spiro atoms. The average Bonchev–Trinajstić information content (AvgIpc) is 2.96. The number of nitrogens with zero attached hydrogens (tertiary/aromatic N) is 1. The van der Waals surface area contributed by atoms with Gasteiger partial charge in [-0.1, -0.05) is 18.2 Å². The molecule has 6 heteroatoms. The fraction of sp³-hybridized carbons (Fsp3) is 0.316. The van der Waals surface area contributed by atoms with Crippen LogP contribution in [0.4, 0.5) is 8.78 Å². The topological polar surface area (TPSA) is 41.6 Å². The molecule has 2 aromatic rings. The quantitative estimate of drug-likeness (QED) is 0.875. The highest BCUT2D eigenvalue weighted by Crippen LogP contribution is 2.19. The molecule has 25 heavy (non-hydrogen) atoms. The fourth-order valence-electron chi connectivity index (χ4n) is 2.95. The van der Waals surface area contributed by atoms with E-state index in [0.717, 1.165) is 11.1 Å². The van der Waals surface area contributed by atoms with Crippen molar-refractivity contribution in [2.24, 2.45) is 0 Å². The molecule has 3 rings (SSSR count). The molecule has 4 nitrogen and oxygen atoms in total. The summed E-state index contributed by atoms with van der Waals surface area (Å²) in [5, 5.41) is 3.32. The minimum atomic E-state index is -0.396. The standard InChI is InChI=1S/C19H20F2N2O2/c1-25-18-8-14(4-7-17(18)21)10-22-16-9-19(24)23(12-16)11-13-2-5-15(20)6-3-13/h2-8,16,22H,9-12H2,1H3/t16-/m1/s1. The van der Waals surface area contributed by atoms with Crippen LogP contribution in [0, 0.1) is 11.6 Å². The smallest absolute Gasteiger partial charge is 0.224 e. The van der Waals surface area contributed by atoms with Crippen LogP contribution >= 0.6 is 0 Å². The lowest BCUT2D eigenvalue weighted by Gasteiger charge is -2.17. The highest BCUT2D eigenvalue weighted by atomic mass is 19.1. The van der Waals surface area contributed by atoms with Gasteiger partial charge in [-0.25, -0.2) is 8.78 Å². The predicted molar refractivity (Wildman–Crippen MR) is 90.0 cm³/mol. The van der Waals surface area contributed by atoms with E-state index in [-0.39, 0.29) is 23.5 Å². The average molecular weight is 346 g/mol. The van der Waals surface area contributed by atoms with Crippen molar-refractivity contribution in [1.82, 2.24) is 10.2 Å². The molecule has 1 aliphatic heterocycles. The van der Waals surface area contributed by atoms with E-state index in [1.165, 1.54) is 25.3 Å². The maximum absolute atomic E-state index is 13.4. The molecule has 1 atom stereocenters. The summed E-state index contributed by atoms with van der Waals surface area (Å²) in [7, 11) is 1.43. The highest BCUT2D eigenvalue weighted by Gasteiger charge is 2.29. The summed E-state index contributed by atoms with van der Waals surface area (Å²) in [6.45, 7) is 1.59. The third kappa shape index (κ3) is 4.33. The van der Waals surface area contributed by atoms with Crippen molar-refractivity contribution in [3.63, 3.8) is 0 Å². The number of benzene rings is 2. The third-order valence-corrected chi connectivity index (χ3v) is 4.31. The summed E-state index contributed by atoms with van der Waals surface area (Å²) in [5.74, 6) is -0.406. The van der Waals surface area contributed by atoms with Crippen molar-refractivity contribution in [2.75, 3.05) is 13.7 Å². The Balaban J connectivity index is 1.54. The van der Waals surface area contributed by atoms with Crippen LogP contribution in [0.1, 0.15) is 17.5 Å². The molecule has 0 saturated carbocycles. The zero-order chi connectivity index (χ0) is 17.8. The van der Waals surface area contributed by atoms with Crippen LogP contribution in [0.3, 0.4) is 0 Å². The molecule has 1 amide bonds. The Labute approximate surface area is 145 Å². The Morgan fingerprint density at radius 2 is 1.88 bits per heavy atom.